The van der Waals surface area contributed by atoms with Gasteiger partial charge in [0.2, 0.25) is 0 Å². The van der Waals surface area contributed by atoms with Crippen molar-refractivity contribution in [2.24, 2.45) is 0 Å². The van der Waals surface area contributed by atoms with Gasteiger partial charge < -0.3 is 4.74 Å². The van der Waals surface area contributed by atoms with Crippen molar-refractivity contribution in [3.05, 3.63) is 12.3 Å². The van der Waals surface area contributed by atoms with Gasteiger partial charge in [-0.25, -0.2) is 0 Å². The average Bonchev–Trinajstić information content (AvgIpc) is 1.83. The first-order valence-corrected chi connectivity index (χ1v) is 2.53. The summed E-state index contributed by atoms with van der Waals surface area (Å²) in [6, 6.07) is 0. The fourth-order valence-corrected chi connectivity index (χ4v) is 0.262. The second kappa shape index (κ2) is 7.21. The summed E-state index contributed by atoms with van der Waals surface area (Å²) in [6.07, 6.45) is 3.34. The van der Waals surface area contributed by atoms with Crippen LogP contribution < -0.4 is 0 Å². The molecule has 2 nitrogen and oxygen atoms in total. The highest BCUT2D eigenvalue weighted by Gasteiger charge is 1.85. The van der Waals surface area contributed by atoms with Crippen LogP contribution in [0.1, 0.15) is 20.8 Å². The van der Waals surface area contributed by atoms with Crippen LogP contribution in [0.2, 0.25) is 0 Å². The van der Waals surface area contributed by atoms with Crippen molar-refractivity contribution < 1.29 is 9.53 Å². The minimum absolute atomic E-state index is 0. The van der Waals surface area contributed by atoms with E-state index in [1.807, 2.05) is 6.92 Å². The van der Waals surface area contributed by atoms with Crippen LogP contribution in [0.15, 0.2) is 12.3 Å². The molecular formula is C7H14O2. The van der Waals surface area contributed by atoms with E-state index in [1.54, 1.807) is 0 Å². The Balaban J connectivity index is 0. The Morgan fingerprint density at radius 2 is 2.22 bits per heavy atom. The maximum Gasteiger partial charge on any atom is 0.158 e. The Hall–Kier alpha value is -0.790. The molecule has 0 bridgehead atoms. The number of hydrogen-bond acceptors (Lipinski definition) is 2. The molecule has 0 heterocycles. The zero-order valence-electron chi connectivity index (χ0n) is 5.18. The third kappa shape index (κ3) is 7.21. The van der Waals surface area contributed by atoms with E-state index in [1.165, 1.54) is 19.4 Å². The topological polar surface area (TPSA) is 26.3 Å². The molecule has 2 heteroatoms. The summed E-state index contributed by atoms with van der Waals surface area (Å²) < 4.78 is 4.51. The van der Waals surface area contributed by atoms with Crippen LogP contribution in [-0.4, -0.2) is 12.9 Å². The van der Waals surface area contributed by atoms with E-state index in [-0.39, 0.29) is 13.2 Å². The fraction of sp³-hybridized carbons (Fsp3) is 0.571. The normalized spacial score (nSPS) is 8.67. The van der Waals surface area contributed by atoms with Gasteiger partial charge in [-0.2, -0.15) is 0 Å². The van der Waals surface area contributed by atoms with Crippen LogP contribution in [0.5, 0.6) is 0 Å². The van der Waals surface area contributed by atoms with Crippen molar-refractivity contribution in [2.45, 2.75) is 20.8 Å². The Bertz CT molecular complexity index is 95.1. The van der Waals surface area contributed by atoms with Gasteiger partial charge in [-0.15, -0.1) is 0 Å². The molecule has 9 heavy (non-hydrogen) atoms. The monoisotopic (exact) mass is 130 g/mol. The maximum atomic E-state index is 10.4. The van der Waals surface area contributed by atoms with E-state index < -0.39 is 0 Å². The van der Waals surface area contributed by atoms with Gasteiger partial charge >= 0.3 is 0 Å². The Kier molecular flexibility index (Phi) is 8.87. The summed E-state index contributed by atoms with van der Waals surface area (Å²) in [5.74, 6) is 0.0897. The molecule has 0 fully saturated rings. The van der Waals surface area contributed by atoms with Gasteiger partial charge in [0.1, 0.15) is 0 Å². The summed E-state index contributed by atoms with van der Waals surface area (Å²) in [5.41, 5.74) is 0. The quantitative estimate of drug-likeness (QED) is 0.430. The Morgan fingerprint density at radius 3 is 2.56 bits per heavy atom. The molecule has 0 aromatic heterocycles. The summed E-state index contributed by atoms with van der Waals surface area (Å²) in [7, 11) is 1.51. The SMILES string of the molecule is C.CCC(=O)/C=C/OC. The van der Waals surface area contributed by atoms with Crippen LogP contribution in [0.4, 0.5) is 0 Å². The first kappa shape index (κ1) is 11.1. The molecule has 0 aliphatic heterocycles. The molecule has 0 saturated carbocycles. The zero-order chi connectivity index (χ0) is 6.41. The molecule has 0 spiro atoms. The van der Waals surface area contributed by atoms with Crippen LogP contribution in [0.3, 0.4) is 0 Å². The predicted molar refractivity (Wildman–Crippen MR) is 38.2 cm³/mol. The van der Waals surface area contributed by atoms with Crippen LogP contribution >= 0.6 is 0 Å². The highest BCUT2D eigenvalue weighted by molar-refractivity contribution is 5.88. The number of rotatable bonds is 3. The number of allylic oxidation sites excluding steroid dienone is 1. The second-order valence-corrected chi connectivity index (χ2v) is 1.36. The fourth-order valence-electron chi connectivity index (χ4n) is 0.262. The van der Waals surface area contributed by atoms with Crippen molar-refractivity contribution >= 4 is 5.78 Å². The summed E-state index contributed by atoms with van der Waals surface area (Å²) in [5, 5.41) is 0. The molecule has 54 valence electrons. The van der Waals surface area contributed by atoms with Crippen molar-refractivity contribution in [3.8, 4) is 0 Å². The molecule has 0 saturated heterocycles. The molecule has 0 aromatic rings. The van der Waals surface area contributed by atoms with Crippen molar-refractivity contribution in [1.29, 1.82) is 0 Å². The lowest BCUT2D eigenvalue weighted by atomic mass is 10.3. The van der Waals surface area contributed by atoms with Gasteiger partial charge in [0.25, 0.3) is 0 Å². The van der Waals surface area contributed by atoms with Gasteiger partial charge in [-0.05, 0) is 0 Å². The lowest BCUT2D eigenvalue weighted by molar-refractivity contribution is -0.114. The van der Waals surface area contributed by atoms with Crippen molar-refractivity contribution in [2.75, 3.05) is 7.11 Å². The number of ether oxygens (including phenoxy) is 1. The first-order valence-electron chi connectivity index (χ1n) is 2.53. The molecule has 0 amide bonds. The van der Waals surface area contributed by atoms with E-state index in [4.69, 9.17) is 0 Å². The molecule has 0 unspecified atom stereocenters. The molecule has 0 N–H and O–H groups in total. The van der Waals surface area contributed by atoms with Crippen LogP contribution in [0.25, 0.3) is 0 Å². The van der Waals surface area contributed by atoms with Gasteiger partial charge in [-0.1, -0.05) is 14.4 Å². The summed E-state index contributed by atoms with van der Waals surface area (Å²) >= 11 is 0. The number of methoxy groups -OCH3 is 1. The van der Waals surface area contributed by atoms with E-state index in [0.717, 1.165) is 0 Å². The second-order valence-electron chi connectivity index (χ2n) is 1.36. The number of hydrogen-bond donors (Lipinski definition) is 0. The molecule has 0 radical (unpaired) electrons. The molecule has 0 aliphatic rings. The minimum Gasteiger partial charge on any atom is -0.504 e. The van der Waals surface area contributed by atoms with Gasteiger partial charge in [0.05, 0.1) is 13.4 Å². The standard InChI is InChI=1S/C6H10O2.CH4/c1-3-6(7)4-5-8-2;/h4-5H,3H2,1-2H3;1H4/b5-4+;. The number of carbonyl (C=O) groups is 1. The minimum atomic E-state index is 0. The van der Waals surface area contributed by atoms with E-state index >= 15 is 0 Å². The molecule has 0 rings (SSSR count). The third-order valence-corrected chi connectivity index (χ3v) is 0.738. The lowest BCUT2D eigenvalue weighted by Gasteiger charge is -1.84. The maximum absolute atomic E-state index is 10.4. The van der Waals surface area contributed by atoms with Crippen LogP contribution in [-0.2, 0) is 9.53 Å². The first-order chi connectivity index (χ1) is 3.81. The molecular weight excluding hydrogens is 116 g/mol. The smallest absolute Gasteiger partial charge is 0.158 e. The zero-order valence-corrected chi connectivity index (χ0v) is 5.18. The van der Waals surface area contributed by atoms with Crippen molar-refractivity contribution in [3.63, 3.8) is 0 Å². The largest absolute Gasteiger partial charge is 0.504 e. The predicted octanol–water partition coefficient (Wildman–Crippen LogP) is 1.76. The van der Waals surface area contributed by atoms with E-state index in [0.29, 0.717) is 6.42 Å². The van der Waals surface area contributed by atoms with Gasteiger partial charge in [-0.3, -0.25) is 4.79 Å². The van der Waals surface area contributed by atoms with Gasteiger partial charge in [0, 0.05) is 12.5 Å². The van der Waals surface area contributed by atoms with Gasteiger partial charge in [0.15, 0.2) is 5.78 Å². The van der Waals surface area contributed by atoms with Crippen molar-refractivity contribution in [1.82, 2.24) is 0 Å². The van der Waals surface area contributed by atoms with E-state index in [2.05, 4.69) is 4.74 Å². The summed E-state index contributed by atoms with van der Waals surface area (Å²) in [6.45, 7) is 1.81. The Labute approximate surface area is 56.5 Å². The number of ketones is 1. The highest BCUT2D eigenvalue weighted by Crippen LogP contribution is 1.81. The van der Waals surface area contributed by atoms with E-state index in [9.17, 15) is 4.79 Å². The molecule has 0 aliphatic carbocycles. The average molecular weight is 130 g/mol. The summed E-state index contributed by atoms with van der Waals surface area (Å²) in [4.78, 5) is 10.4. The molecule has 0 aromatic carbocycles. The number of carbonyl (C=O) groups excluding carboxylic acids is 1. The Morgan fingerprint density at radius 1 is 1.67 bits per heavy atom. The lowest BCUT2D eigenvalue weighted by Crippen LogP contribution is -1.86. The highest BCUT2D eigenvalue weighted by atomic mass is 16.5. The third-order valence-electron chi connectivity index (χ3n) is 0.738. The van der Waals surface area contributed by atoms with Crippen LogP contribution in [0, 0.1) is 0 Å². The molecule has 0 atom stereocenters.